The van der Waals surface area contributed by atoms with Gasteiger partial charge in [0.15, 0.2) is 11.7 Å². The lowest BCUT2D eigenvalue weighted by molar-refractivity contribution is -0.121. The van der Waals surface area contributed by atoms with Gasteiger partial charge in [-0.3, -0.25) is 4.79 Å². The van der Waals surface area contributed by atoms with E-state index in [1.807, 2.05) is 44.3 Å². The number of nitrogens with one attached hydrogen (secondary N) is 2. The summed E-state index contributed by atoms with van der Waals surface area (Å²) in [7, 11) is 1.85. The molecule has 0 fully saturated rings. The molecule has 1 aromatic carbocycles. The van der Waals surface area contributed by atoms with E-state index in [1.54, 1.807) is 0 Å². The van der Waals surface area contributed by atoms with E-state index in [0.717, 1.165) is 23.6 Å². The van der Waals surface area contributed by atoms with Crippen LogP contribution >= 0.6 is 0 Å². The van der Waals surface area contributed by atoms with Crippen molar-refractivity contribution in [3.8, 4) is 11.3 Å². The fourth-order valence-corrected chi connectivity index (χ4v) is 2.05. The summed E-state index contributed by atoms with van der Waals surface area (Å²) in [6.45, 7) is 3.32. The first kappa shape index (κ1) is 15.3. The highest BCUT2D eigenvalue weighted by molar-refractivity contribution is 5.76. The molecule has 0 saturated carbocycles. The van der Waals surface area contributed by atoms with Crippen LogP contribution in [0, 0.1) is 6.92 Å². The summed E-state index contributed by atoms with van der Waals surface area (Å²) in [4.78, 5) is 16.0. The van der Waals surface area contributed by atoms with E-state index in [-0.39, 0.29) is 5.91 Å². The zero-order valence-electron chi connectivity index (χ0n) is 12.5. The van der Waals surface area contributed by atoms with E-state index in [1.165, 1.54) is 0 Å². The SMILES string of the molecule is CNCCNC(=O)CCc1nc(C)c(-c2ccccc2)o1. The zero-order valence-corrected chi connectivity index (χ0v) is 12.5. The van der Waals surface area contributed by atoms with Crippen molar-refractivity contribution < 1.29 is 9.21 Å². The Labute approximate surface area is 124 Å². The average molecular weight is 287 g/mol. The van der Waals surface area contributed by atoms with Crippen molar-refractivity contribution in [2.75, 3.05) is 20.1 Å². The lowest BCUT2D eigenvalue weighted by Gasteiger charge is -2.02. The van der Waals surface area contributed by atoms with E-state index < -0.39 is 0 Å². The molecule has 0 aliphatic heterocycles. The van der Waals surface area contributed by atoms with Gasteiger partial charge in [0.1, 0.15) is 0 Å². The molecule has 1 amide bonds. The molecule has 0 aliphatic rings. The van der Waals surface area contributed by atoms with Gasteiger partial charge in [-0.15, -0.1) is 0 Å². The van der Waals surface area contributed by atoms with Crippen LogP contribution in [0.4, 0.5) is 0 Å². The molecule has 112 valence electrons. The molecule has 0 aliphatic carbocycles. The fourth-order valence-electron chi connectivity index (χ4n) is 2.05. The zero-order chi connectivity index (χ0) is 15.1. The minimum Gasteiger partial charge on any atom is -0.440 e. The number of nitrogens with zero attached hydrogens (tertiary/aromatic N) is 1. The summed E-state index contributed by atoms with van der Waals surface area (Å²) in [5, 5.41) is 5.82. The van der Waals surface area contributed by atoms with Crippen LogP contribution in [0.15, 0.2) is 34.7 Å². The topological polar surface area (TPSA) is 67.2 Å². The second-order valence-corrected chi connectivity index (χ2v) is 4.84. The van der Waals surface area contributed by atoms with Crippen LogP contribution in [0.1, 0.15) is 18.0 Å². The van der Waals surface area contributed by atoms with Crippen LogP contribution < -0.4 is 10.6 Å². The second kappa shape index (κ2) is 7.59. The van der Waals surface area contributed by atoms with Gasteiger partial charge in [0.25, 0.3) is 0 Å². The molecule has 0 atom stereocenters. The largest absolute Gasteiger partial charge is 0.440 e. The molecule has 21 heavy (non-hydrogen) atoms. The van der Waals surface area contributed by atoms with Gasteiger partial charge in [0.05, 0.1) is 5.69 Å². The number of aryl methyl sites for hydroxylation is 2. The number of hydrogen-bond acceptors (Lipinski definition) is 4. The van der Waals surface area contributed by atoms with Crippen LogP contribution in [-0.2, 0) is 11.2 Å². The summed E-state index contributed by atoms with van der Waals surface area (Å²) >= 11 is 0. The minimum atomic E-state index is 0.0161. The number of oxazole rings is 1. The lowest BCUT2D eigenvalue weighted by atomic mass is 10.1. The van der Waals surface area contributed by atoms with E-state index >= 15 is 0 Å². The first-order valence-corrected chi connectivity index (χ1v) is 7.13. The molecule has 0 spiro atoms. The Kier molecular flexibility index (Phi) is 5.51. The average Bonchev–Trinajstić information content (AvgIpc) is 2.87. The van der Waals surface area contributed by atoms with Crippen LogP contribution in [0.3, 0.4) is 0 Å². The van der Waals surface area contributed by atoms with E-state index in [4.69, 9.17) is 4.42 Å². The number of carbonyl (C=O) groups excluding carboxylic acids is 1. The summed E-state index contributed by atoms with van der Waals surface area (Å²) in [6, 6.07) is 9.87. The standard InChI is InChI=1S/C16H21N3O2/c1-12-16(13-6-4-3-5-7-13)21-15(19-12)9-8-14(20)18-11-10-17-2/h3-7,17H,8-11H2,1-2H3,(H,18,20). The van der Waals surface area contributed by atoms with Crippen molar-refractivity contribution in [3.63, 3.8) is 0 Å². The number of hydrogen-bond donors (Lipinski definition) is 2. The molecule has 2 aromatic rings. The van der Waals surface area contributed by atoms with Gasteiger partial charge < -0.3 is 15.1 Å². The second-order valence-electron chi connectivity index (χ2n) is 4.84. The number of amides is 1. The molecule has 2 rings (SSSR count). The van der Waals surface area contributed by atoms with Gasteiger partial charge in [-0.25, -0.2) is 4.98 Å². The molecule has 5 heteroatoms. The molecular formula is C16H21N3O2. The van der Waals surface area contributed by atoms with Gasteiger partial charge in [-0.2, -0.15) is 0 Å². The van der Waals surface area contributed by atoms with Gasteiger partial charge in [-0.05, 0) is 14.0 Å². The molecule has 2 N–H and O–H groups in total. The monoisotopic (exact) mass is 287 g/mol. The summed E-state index contributed by atoms with van der Waals surface area (Å²) in [5.74, 6) is 1.40. The molecule has 0 saturated heterocycles. The first-order valence-electron chi connectivity index (χ1n) is 7.13. The Morgan fingerprint density at radius 3 is 2.71 bits per heavy atom. The molecule has 0 unspecified atom stereocenters. The van der Waals surface area contributed by atoms with Crippen molar-refractivity contribution in [1.29, 1.82) is 0 Å². The van der Waals surface area contributed by atoms with Crippen molar-refractivity contribution in [1.82, 2.24) is 15.6 Å². The van der Waals surface area contributed by atoms with Crippen LogP contribution in [0.2, 0.25) is 0 Å². The number of carbonyl (C=O) groups is 1. The molecule has 0 radical (unpaired) electrons. The normalized spacial score (nSPS) is 10.6. The van der Waals surface area contributed by atoms with Crippen LogP contribution in [0.5, 0.6) is 0 Å². The molecule has 1 heterocycles. The fraction of sp³-hybridized carbons (Fsp3) is 0.375. The van der Waals surface area contributed by atoms with Crippen molar-refractivity contribution in [2.45, 2.75) is 19.8 Å². The number of aromatic nitrogens is 1. The van der Waals surface area contributed by atoms with Crippen LogP contribution in [-0.4, -0.2) is 31.0 Å². The van der Waals surface area contributed by atoms with Gasteiger partial charge in [0.2, 0.25) is 5.91 Å². The lowest BCUT2D eigenvalue weighted by Crippen LogP contribution is -2.30. The maximum Gasteiger partial charge on any atom is 0.220 e. The Bertz CT molecular complexity index is 578. The predicted molar refractivity (Wildman–Crippen MR) is 81.9 cm³/mol. The van der Waals surface area contributed by atoms with Crippen molar-refractivity contribution >= 4 is 5.91 Å². The van der Waals surface area contributed by atoms with Crippen LogP contribution in [0.25, 0.3) is 11.3 Å². The molecule has 5 nitrogen and oxygen atoms in total. The van der Waals surface area contributed by atoms with E-state index in [0.29, 0.717) is 25.3 Å². The molecule has 1 aromatic heterocycles. The quantitative estimate of drug-likeness (QED) is 0.764. The highest BCUT2D eigenvalue weighted by Crippen LogP contribution is 2.24. The third-order valence-electron chi connectivity index (χ3n) is 3.14. The summed E-state index contributed by atoms with van der Waals surface area (Å²) in [5.41, 5.74) is 1.86. The highest BCUT2D eigenvalue weighted by atomic mass is 16.4. The first-order chi connectivity index (χ1) is 10.2. The third kappa shape index (κ3) is 4.43. The number of rotatable bonds is 7. The van der Waals surface area contributed by atoms with Crippen molar-refractivity contribution in [3.05, 3.63) is 41.9 Å². The number of likely N-dealkylation sites (N-methyl/N-ethyl adjacent to an activating group) is 1. The van der Waals surface area contributed by atoms with Gasteiger partial charge in [-0.1, -0.05) is 30.3 Å². The number of benzene rings is 1. The Morgan fingerprint density at radius 2 is 2.00 bits per heavy atom. The van der Waals surface area contributed by atoms with E-state index in [2.05, 4.69) is 15.6 Å². The van der Waals surface area contributed by atoms with Gasteiger partial charge >= 0.3 is 0 Å². The molecule has 0 bridgehead atoms. The summed E-state index contributed by atoms with van der Waals surface area (Å²) in [6.07, 6.45) is 0.900. The predicted octanol–water partition coefficient (Wildman–Crippen LogP) is 1.92. The summed E-state index contributed by atoms with van der Waals surface area (Å²) < 4.78 is 5.77. The Balaban J connectivity index is 1.92. The maximum absolute atomic E-state index is 11.6. The van der Waals surface area contributed by atoms with Crippen molar-refractivity contribution in [2.24, 2.45) is 0 Å². The Morgan fingerprint density at radius 1 is 1.24 bits per heavy atom. The molecular weight excluding hydrogens is 266 g/mol. The smallest absolute Gasteiger partial charge is 0.220 e. The minimum absolute atomic E-state index is 0.0161. The van der Waals surface area contributed by atoms with Gasteiger partial charge in [0, 0.05) is 31.5 Å². The maximum atomic E-state index is 11.6. The Hall–Kier alpha value is -2.14. The highest BCUT2D eigenvalue weighted by Gasteiger charge is 2.12. The third-order valence-corrected chi connectivity index (χ3v) is 3.14. The van der Waals surface area contributed by atoms with E-state index in [9.17, 15) is 4.79 Å².